The van der Waals surface area contributed by atoms with Crippen LogP contribution in [0.15, 0.2) is 35.1 Å². The molecule has 0 radical (unpaired) electrons. The highest BCUT2D eigenvalue weighted by Crippen LogP contribution is 2.24. The summed E-state index contributed by atoms with van der Waals surface area (Å²) in [4.78, 5) is 23.4. The number of hydrogen-bond acceptors (Lipinski definition) is 5. The van der Waals surface area contributed by atoms with Gasteiger partial charge >= 0.3 is 0 Å². The van der Waals surface area contributed by atoms with Gasteiger partial charge in [-0.05, 0) is 12.6 Å². The zero-order valence-corrected chi connectivity index (χ0v) is 11.9. The summed E-state index contributed by atoms with van der Waals surface area (Å²) in [6.45, 7) is 3.38. The molecule has 1 aliphatic rings. The van der Waals surface area contributed by atoms with Crippen LogP contribution in [0.3, 0.4) is 0 Å². The first-order valence-corrected chi connectivity index (χ1v) is 6.97. The summed E-state index contributed by atoms with van der Waals surface area (Å²) in [5, 5.41) is 10.1. The molecule has 2 heterocycles. The number of nitrogens with zero attached hydrogens (tertiary/aromatic N) is 3. The van der Waals surface area contributed by atoms with Crippen molar-refractivity contribution in [2.45, 2.75) is 0 Å². The fraction of sp³-hybridized carbons (Fsp3) is 0.333. The fourth-order valence-corrected chi connectivity index (χ4v) is 2.48. The molecule has 1 aromatic heterocycles. The topological polar surface area (TPSA) is 72.5 Å². The van der Waals surface area contributed by atoms with E-state index < -0.39 is 0 Å². The van der Waals surface area contributed by atoms with Crippen molar-refractivity contribution in [3.63, 3.8) is 0 Å². The standard InChI is InChI=1S/C15H18N4O2/c1-18-7-9-19(10-8-18)15-16-13(20)12(14(21)17-15)11-5-3-2-4-6-11/h2-6H,7-10H2,1H3,(H2,16,17,20,21). The van der Waals surface area contributed by atoms with Gasteiger partial charge in [0.05, 0.1) is 0 Å². The molecule has 1 saturated heterocycles. The van der Waals surface area contributed by atoms with Crippen molar-refractivity contribution in [3.8, 4) is 17.0 Å². The minimum Gasteiger partial charge on any atom is -0.493 e. The Bertz CT molecular complexity index is 676. The van der Waals surface area contributed by atoms with E-state index >= 15 is 0 Å². The number of H-pyrrole nitrogens is 1. The van der Waals surface area contributed by atoms with E-state index in [4.69, 9.17) is 0 Å². The molecule has 3 rings (SSSR count). The van der Waals surface area contributed by atoms with E-state index in [1.165, 1.54) is 0 Å². The van der Waals surface area contributed by atoms with Crippen molar-refractivity contribution in [1.29, 1.82) is 0 Å². The quantitative estimate of drug-likeness (QED) is 0.858. The average molecular weight is 286 g/mol. The molecule has 0 spiro atoms. The number of likely N-dealkylation sites (N-methyl/N-ethyl adjacent to an activating group) is 1. The molecule has 21 heavy (non-hydrogen) atoms. The van der Waals surface area contributed by atoms with E-state index in [2.05, 4.69) is 21.9 Å². The van der Waals surface area contributed by atoms with Crippen LogP contribution in [0.2, 0.25) is 0 Å². The lowest BCUT2D eigenvalue weighted by Crippen LogP contribution is -2.45. The predicted octanol–water partition coefficient (Wildman–Crippen LogP) is 0.894. The summed E-state index contributed by atoms with van der Waals surface area (Å²) >= 11 is 0. The Kier molecular flexibility index (Phi) is 3.62. The molecule has 2 aromatic rings. The number of piperazine rings is 1. The van der Waals surface area contributed by atoms with Crippen LogP contribution in [0.4, 0.5) is 5.95 Å². The summed E-state index contributed by atoms with van der Waals surface area (Å²) in [5.74, 6) is 0.212. The van der Waals surface area contributed by atoms with Gasteiger partial charge in [0, 0.05) is 26.2 Å². The first kappa shape index (κ1) is 13.6. The molecular weight excluding hydrogens is 268 g/mol. The maximum Gasteiger partial charge on any atom is 0.264 e. The smallest absolute Gasteiger partial charge is 0.264 e. The van der Waals surface area contributed by atoms with Gasteiger partial charge in [-0.3, -0.25) is 9.78 Å². The van der Waals surface area contributed by atoms with E-state index in [1.807, 2.05) is 23.1 Å². The Labute approximate surface area is 122 Å². The maximum atomic E-state index is 12.3. The van der Waals surface area contributed by atoms with Crippen molar-refractivity contribution < 1.29 is 5.11 Å². The van der Waals surface area contributed by atoms with Crippen LogP contribution >= 0.6 is 0 Å². The SMILES string of the molecule is CN1CCN(c2nc(O)c(-c3ccccc3)c(=O)[nH]2)CC1. The zero-order valence-electron chi connectivity index (χ0n) is 11.9. The Hall–Kier alpha value is -2.34. The van der Waals surface area contributed by atoms with Gasteiger partial charge in [-0.25, -0.2) is 0 Å². The van der Waals surface area contributed by atoms with Crippen molar-refractivity contribution in [2.75, 3.05) is 38.1 Å². The summed E-state index contributed by atoms with van der Waals surface area (Å²) in [6, 6.07) is 9.06. The molecule has 0 amide bonds. The van der Waals surface area contributed by atoms with Gasteiger partial charge < -0.3 is 14.9 Å². The second-order valence-corrected chi connectivity index (χ2v) is 5.24. The third-order valence-electron chi connectivity index (χ3n) is 3.75. The number of aromatic hydroxyl groups is 1. The maximum absolute atomic E-state index is 12.3. The lowest BCUT2D eigenvalue weighted by atomic mass is 10.1. The molecule has 0 aliphatic carbocycles. The predicted molar refractivity (Wildman–Crippen MR) is 81.7 cm³/mol. The van der Waals surface area contributed by atoms with E-state index in [1.54, 1.807) is 12.1 Å². The van der Waals surface area contributed by atoms with Crippen LogP contribution in [-0.4, -0.2) is 53.2 Å². The molecule has 1 aromatic carbocycles. The molecule has 0 atom stereocenters. The third kappa shape index (κ3) is 2.75. The van der Waals surface area contributed by atoms with E-state index in [-0.39, 0.29) is 17.0 Å². The number of aromatic amines is 1. The zero-order chi connectivity index (χ0) is 14.8. The Balaban J connectivity index is 1.95. The van der Waals surface area contributed by atoms with Gasteiger partial charge in [-0.1, -0.05) is 30.3 Å². The average Bonchev–Trinajstić information content (AvgIpc) is 2.48. The van der Waals surface area contributed by atoms with E-state index in [0.29, 0.717) is 11.5 Å². The number of rotatable bonds is 2. The molecule has 1 aliphatic heterocycles. The van der Waals surface area contributed by atoms with Crippen LogP contribution in [0.1, 0.15) is 0 Å². The van der Waals surface area contributed by atoms with Crippen molar-refractivity contribution in [2.24, 2.45) is 0 Å². The van der Waals surface area contributed by atoms with Gasteiger partial charge in [0.15, 0.2) is 0 Å². The Morgan fingerprint density at radius 1 is 1.14 bits per heavy atom. The number of benzene rings is 1. The lowest BCUT2D eigenvalue weighted by Gasteiger charge is -2.32. The molecular formula is C15H18N4O2. The van der Waals surface area contributed by atoms with Crippen molar-refractivity contribution in [1.82, 2.24) is 14.9 Å². The van der Waals surface area contributed by atoms with Crippen LogP contribution in [-0.2, 0) is 0 Å². The van der Waals surface area contributed by atoms with Gasteiger partial charge in [-0.15, -0.1) is 0 Å². The van der Waals surface area contributed by atoms with Crippen molar-refractivity contribution in [3.05, 3.63) is 40.7 Å². The van der Waals surface area contributed by atoms with Crippen LogP contribution in [0.25, 0.3) is 11.1 Å². The van der Waals surface area contributed by atoms with Crippen LogP contribution in [0.5, 0.6) is 5.88 Å². The third-order valence-corrected chi connectivity index (χ3v) is 3.75. The first-order chi connectivity index (χ1) is 10.1. The number of aromatic nitrogens is 2. The van der Waals surface area contributed by atoms with E-state index in [0.717, 1.165) is 26.2 Å². The monoisotopic (exact) mass is 286 g/mol. The minimum absolute atomic E-state index is 0.216. The molecule has 1 fully saturated rings. The summed E-state index contributed by atoms with van der Waals surface area (Å²) in [7, 11) is 2.06. The molecule has 6 heteroatoms. The number of hydrogen-bond donors (Lipinski definition) is 2. The largest absolute Gasteiger partial charge is 0.493 e. The van der Waals surface area contributed by atoms with Gasteiger partial charge in [0.25, 0.3) is 5.56 Å². The van der Waals surface area contributed by atoms with Crippen LogP contribution < -0.4 is 10.5 Å². The number of nitrogens with one attached hydrogen (secondary N) is 1. The fourth-order valence-electron chi connectivity index (χ4n) is 2.48. The minimum atomic E-state index is -0.317. The van der Waals surface area contributed by atoms with Gasteiger partial charge in [0.1, 0.15) is 5.56 Å². The highest BCUT2D eigenvalue weighted by Gasteiger charge is 2.19. The highest BCUT2D eigenvalue weighted by atomic mass is 16.3. The molecule has 110 valence electrons. The molecule has 2 N–H and O–H groups in total. The Morgan fingerprint density at radius 2 is 1.81 bits per heavy atom. The normalized spacial score (nSPS) is 16.1. The number of anilines is 1. The Morgan fingerprint density at radius 3 is 2.43 bits per heavy atom. The highest BCUT2D eigenvalue weighted by molar-refractivity contribution is 5.67. The van der Waals surface area contributed by atoms with Gasteiger partial charge in [0.2, 0.25) is 11.8 Å². The van der Waals surface area contributed by atoms with Crippen molar-refractivity contribution >= 4 is 5.95 Å². The lowest BCUT2D eigenvalue weighted by molar-refractivity contribution is 0.310. The summed E-state index contributed by atoms with van der Waals surface area (Å²) in [6.07, 6.45) is 0. The molecule has 0 unspecified atom stereocenters. The summed E-state index contributed by atoms with van der Waals surface area (Å²) < 4.78 is 0. The molecule has 0 saturated carbocycles. The molecule has 6 nitrogen and oxygen atoms in total. The summed E-state index contributed by atoms with van der Waals surface area (Å²) in [5.41, 5.74) is 0.560. The molecule has 0 bridgehead atoms. The van der Waals surface area contributed by atoms with Crippen LogP contribution in [0, 0.1) is 0 Å². The van der Waals surface area contributed by atoms with Gasteiger partial charge in [-0.2, -0.15) is 4.98 Å². The first-order valence-electron chi connectivity index (χ1n) is 6.97. The second kappa shape index (κ2) is 5.57. The second-order valence-electron chi connectivity index (χ2n) is 5.24. The van der Waals surface area contributed by atoms with E-state index in [9.17, 15) is 9.90 Å².